The van der Waals surface area contributed by atoms with E-state index >= 15 is 0 Å². The van der Waals surface area contributed by atoms with E-state index < -0.39 is 0 Å². The molecule has 2 aromatic rings. The van der Waals surface area contributed by atoms with Gasteiger partial charge < -0.3 is 5.32 Å². The van der Waals surface area contributed by atoms with Gasteiger partial charge >= 0.3 is 0 Å². The summed E-state index contributed by atoms with van der Waals surface area (Å²) in [7, 11) is 0. The standard InChI is InChI=1S/C17H21N3/c1-3-5-6-7-15(18-10-4-2)14-8-9-16-17(13-14)20-12-11-19-16/h8-9,11-13,15,18H,4,6-7,10H2,1-2H3. The molecule has 1 atom stereocenters. The Labute approximate surface area is 120 Å². The first-order chi connectivity index (χ1) is 9.85. The van der Waals surface area contributed by atoms with Crippen LogP contribution in [0.15, 0.2) is 30.6 Å². The summed E-state index contributed by atoms with van der Waals surface area (Å²) in [5.41, 5.74) is 3.16. The maximum Gasteiger partial charge on any atom is 0.0890 e. The van der Waals surface area contributed by atoms with Gasteiger partial charge in [0.2, 0.25) is 0 Å². The van der Waals surface area contributed by atoms with Gasteiger partial charge in [-0.3, -0.25) is 9.97 Å². The third kappa shape index (κ3) is 3.79. The van der Waals surface area contributed by atoms with E-state index in [0.29, 0.717) is 6.04 Å². The molecule has 1 unspecified atom stereocenters. The Morgan fingerprint density at radius 2 is 2.00 bits per heavy atom. The van der Waals surface area contributed by atoms with Crippen molar-refractivity contribution in [2.24, 2.45) is 0 Å². The third-order valence-electron chi connectivity index (χ3n) is 3.27. The van der Waals surface area contributed by atoms with E-state index in [4.69, 9.17) is 0 Å². The van der Waals surface area contributed by atoms with Crippen LogP contribution in [0, 0.1) is 11.8 Å². The first-order valence-corrected chi connectivity index (χ1v) is 7.18. The molecule has 0 fully saturated rings. The van der Waals surface area contributed by atoms with Gasteiger partial charge in [-0.1, -0.05) is 13.0 Å². The van der Waals surface area contributed by atoms with Crippen LogP contribution in [0.2, 0.25) is 0 Å². The average Bonchev–Trinajstić information content (AvgIpc) is 2.50. The molecule has 1 aromatic carbocycles. The van der Waals surface area contributed by atoms with Gasteiger partial charge in [-0.05, 0) is 44.0 Å². The molecule has 3 heteroatoms. The number of nitrogens with zero attached hydrogens (tertiary/aromatic N) is 2. The van der Waals surface area contributed by atoms with Gasteiger partial charge in [0.05, 0.1) is 11.0 Å². The van der Waals surface area contributed by atoms with Gasteiger partial charge in [0.15, 0.2) is 0 Å². The zero-order valence-corrected chi connectivity index (χ0v) is 12.2. The van der Waals surface area contributed by atoms with Gasteiger partial charge in [-0.2, -0.15) is 0 Å². The molecule has 0 bridgehead atoms. The maximum absolute atomic E-state index is 4.38. The lowest BCUT2D eigenvalue weighted by atomic mass is 10.0. The van der Waals surface area contributed by atoms with Crippen molar-refractivity contribution in [3.05, 3.63) is 36.2 Å². The normalized spacial score (nSPS) is 11.9. The lowest BCUT2D eigenvalue weighted by molar-refractivity contribution is 0.506. The zero-order valence-electron chi connectivity index (χ0n) is 12.2. The van der Waals surface area contributed by atoms with Gasteiger partial charge in [0.25, 0.3) is 0 Å². The van der Waals surface area contributed by atoms with E-state index in [9.17, 15) is 0 Å². The van der Waals surface area contributed by atoms with Crippen molar-refractivity contribution in [2.75, 3.05) is 6.54 Å². The largest absolute Gasteiger partial charge is 0.310 e. The van der Waals surface area contributed by atoms with Crippen LogP contribution in [-0.2, 0) is 0 Å². The van der Waals surface area contributed by atoms with Crippen LogP contribution in [-0.4, -0.2) is 16.5 Å². The van der Waals surface area contributed by atoms with Gasteiger partial charge in [0, 0.05) is 24.9 Å². The van der Waals surface area contributed by atoms with Gasteiger partial charge in [0.1, 0.15) is 0 Å². The third-order valence-corrected chi connectivity index (χ3v) is 3.27. The predicted molar refractivity (Wildman–Crippen MR) is 83.3 cm³/mol. The summed E-state index contributed by atoms with van der Waals surface area (Å²) in [6.07, 6.45) is 6.53. The summed E-state index contributed by atoms with van der Waals surface area (Å²) in [6.45, 7) is 5.09. The molecule has 3 nitrogen and oxygen atoms in total. The Bertz CT molecular complexity index is 610. The highest BCUT2D eigenvalue weighted by atomic mass is 14.9. The molecular formula is C17H21N3. The highest BCUT2D eigenvalue weighted by Crippen LogP contribution is 2.21. The second-order valence-electron chi connectivity index (χ2n) is 4.78. The predicted octanol–water partition coefficient (Wildman–Crippen LogP) is 3.47. The summed E-state index contributed by atoms with van der Waals surface area (Å²) < 4.78 is 0. The van der Waals surface area contributed by atoms with E-state index in [-0.39, 0.29) is 0 Å². The minimum absolute atomic E-state index is 0.335. The van der Waals surface area contributed by atoms with Crippen LogP contribution < -0.4 is 5.32 Å². The van der Waals surface area contributed by atoms with Gasteiger partial charge in [-0.15, -0.1) is 11.8 Å². The van der Waals surface area contributed by atoms with E-state index in [0.717, 1.165) is 36.8 Å². The molecule has 0 saturated heterocycles. The summed E-state index contributed by atoms with van der Waals surface area (Å²) in [6, 6.07) is 6.66. The fourth-order valence-electron chi connectivity index (χ4n) is 2.24. The molecule has 0 radical (unpaired) electrons. The second kappa shape index (κ2) is 7.62. The number of hydrogen-bond donors (Lipinski definition) is 1. The summed E-state index contributed by atoms with van der Waals surface area (Å²) in [5.74, 6) is 6.10. The van der Waals surface area contributed by atoms with Crippen LogP contribution in [0.3, 0.4) is 0 Å². The van der Waals surface area contributed by atoms with Crippen molar-refractivity contribution in [3.8, 4) is 11.8 Å². The molecule has 0 aliphatic rings. The first kappa shape index (κ1) is 14.5. The molecule has 0 amide bonds. The maximum atomic E-state index is 4.38. The Kier molecular flexibility index (Phi) is 5.52. The number of rotatable bonds is 6. The van der Waals surface area contributed by atoms with Crippen molar-refractivity contribution in [2.45, 2.75) is 39.2 Å². The molecule has 1 N–H and O–H groups in total. The SMILES string of the molecule is CC#CCCC(NCCC)c1ccc2nccnc2c1. The minimum Gasteiger partial charge on any atom is -0.310 e. The summed E-state index contributed by atoms with van der Waals surface area (Å²) in [4.78, 5) is 8.70. The number of aromatic nitrogens is 2. The van der Waals surface area contributed by atoms with Crippen LogP contribution in [0.5, 0.6) is 0 Å². The van der Waals surface area contributed by atoms with E-state index in [1.165, 1.54) is 5.56 Å². The zero-order chi connectivity index (χ0) is 14.2. The van der Waals surface area contributed by atoms with Crippen LogP contribution in [0.4, 0.5) is 0 Å². The van der Waals surface area contributed by atoms with Crippen molar-refractivity contribution >= 4 is 11.0 Å². The number of fused-ring (bicyclic) bond motifs is 1. The second-order valence-corrected chi connectivity index (χ2v) is 4.78. The highest BCUT2D eigenvalue weighted by molar-refractivity contribution is 5.74. The Morgan fingerprint density at radius 3 is 2.75 bits per heavy atom. The molecule has 0 aliphatic heterocycles. The van der Waals surface area contributed by atoms with Crippen molar-refractivity contribution in [1.82, 2.24) is 15.3 Å². The average molecular weight is 267 g/mol. The number of benzene rings is 1. The molecule has 1 aromatic heterocycles. The molecular weight excluding hydrogens is 246 g/mol. The lowest BCUT2D eigenvalue weighted by Crippen LogP contribution is -2.22. The monoisotopic (exact) mass is 267 g/mol. The number of hydrogen-bond acceptors (Lipinski definition) is 3. The fraction of sp³-hybridized carbons (Fsp3) is 0.412. The summed E-state index contributed by atoms with van der Waals surface area (Å²) >= 11 is 0. The van der Waals surface area contributed by atoms with Crippen molar-refractivity contribution < 1.29 is 0 Å². The first-order valence-electron chi connectivity index (χ1n) is 7.18. The topological polar surface area (TPSA) is 37.8 Å². The van der Waals surface area contributed by atoms with Crippen molar-refractivity contribution in [3.63, 3.8) is 0 Å². The van der Waals surface area contributed by atoms with E-state index in [1.54, 1.807) is 12.4 Å². The van der Waals surface area contributed by atoms with Crippen LogP contribution in [0.25, 0.3) is 11.0 Å². The van der Waals surface area contributed by atoms with E-state index in [1.807, 2.05) is 13.0 Å². The lowest BCUT2D eigenvalue weighted by Gasteiger charge is -2.18. The number of nitrogens with one attached hydrogen (secondary N) is 1. The smallest absolute Gasteiger partial charge is 0.0890 e. The molecule has 1 heterocycles. The van der Waals surface area contributed by atoms with Gasteiger partial charge in [-0.25, -0.2) is 0 Å². The molecule has 2 rings (SSSR count). The molecule has 0 spiro atoms. The highest BCUT2D eigenvalue weighted by Gasteiger charge is 2.10. The van der Waals surface area contributed by atoms with E-state index in [2.05, 4.69) is 46.2 Å². The fourth-order valence-corrected chi connectivity index (χ4v) is 2.24. The summed E-state index contributed by atoms with van der Waals surface area (Å²) in [5, 5.41) is 3.59. The Morgan fingerprint density at radius 1 is 1.20 bits per heavy atom. The molecule has 0 saturated carbocycles. The Hall–Kier alpha value is -1.92. The quantitative estimate of drug-likeness (QED) is 0.814. The minimum atomic E-state index is 0.335. The van der Waals surface area contributed by atoms with Crippen LogP contribution >= 0.6 is 0 Å². The molecule has 20 heavy (non-hydrogen) atoms. The Balaban J connectivity index is 2.21. The molecule has 104 valence electrons. The van der Waals surface area contributed by atoms with Crippen molar-refractivity contribution in [1.29, 1.82) is 0 Å². The van der Waals surface area contributed by atoms with Crippen LogP contribution in [0.1, 0.15) is 44.7 Å². The molecule has 0 aliphatic carbocycles.